The molecule has 4 rings (SSSR count). The fourth-order valence-corrected chi connectivity index (χ4v) is 3.99. The number of anilines is 3. The molecule has 1 heterocycles. The number of carbonyl (C=O) groups excluding carboxylic acids is 3. The first-order valence-corrected chi connectivity index (χ1v) is 12.3. The Bertz CT molecular complexity index is 1420. The summed E-state index contributed by atoms with van der Waals surface area (Å²) < 4.78 is 0. The second-order valence-electron chi connectivity index (χ2n) is 7.81. The number of para-hydroxylation sites is 2. The van der Waals surface area contributed by atoms with Crippen LogP contribution in [0.15, 0.2) is 90.0 Å². The maximum atomic E-state index is 13.0. The van der Waals surface area contributed by atoms with Crippen molar-refractivity contribution in [1.29, 1.82) is 0 Å². The average Bonchev–Trinajstić information content (AvgIpc) is 3.39. The van der Waals surface area contributed by atoms with Crippen LogP contribution in [-0.2, 0) is 11.2 Å². The number of hydrazone groups is 1. The molecule has 186 valence electrons. The van der Waals surface area contributed by atoms with Crippen molar-refractivity contribution in [3.8, 4) is 0 Å². The molecule has 2 amide bonds. The number of amides is 2. The second kappa shape index (κ2) is 12.3. The second-order valence-corrected chi connectivity index (χ2v) is 8.87. The average molecular weight is 513 g/mol. The van der Waals surface area contributed by atoms with Gasteiger partial charge in [0.25, 0.3) is 11.8 Å². The van der Waals surface area contributed by atoms with E-state index in [4.69, 9.17) is 0 Å². The molecule has 9 nitrogen and oxygen atoms in total. The molecule has 0 radical (unpaired) electrons. The van der Waals surface area contributed by atoms with Crippen molar-refractivity contribution in [2.75, 3.05) is 10.6 Å². The van der Waals surface area contributed by atoms with Gasteiger partial charge < -0.3 is 5.32 Å². The number of hydrogen-bond acceptors (Lipinski definition) is 8. The van der Waals surface area contributed by atoms with Gasteiger partial charge in [0.15, 0.2) is 5.78 Å². The summed E-state index contributed by atoms with van der Waals surface area (Å²) in [6.07, 6.45) is 0.354. The molecule has 37 heavy (non-hydrogen) atoms. The lowest BCUT2D eigenvalue weighted by molar-refractivity contribution is -0.110. The fraction of sp³-hybridized carbons (Fsp3) is 0.111. The molecule has 1 aromatic heterocycles. The normalized spacial score (nSPS) is 11.0. The van der Waals surface area contributed by atoms with Crippen LogP contribution in [-0.4, -0.2) is 33.5 Å². The number of hydrogen-bond donors (Lipinski definition) is 3. The van der Waals surface area contributed by atoms with Gasteiger partial charge in [-0.3, -0.25) is 19.7 Å². The zero-order valence-corrected chi connectivity index (χ0v) is 20.8. The topological polar surface area (TPSA) is 125 Å². The van der Waals surface area contributed by atoms with Crippen molar-refractivity contribution < 1.29 is 14.4 Å². The van der Waals surface area contributed by atoms with Crippen molar-refractivity contribution in [3.05, 3.63) is 101 Å². The molecule has 0 atom stereocenters. The van der Waals surface area contributed by atoms with E-state index in [0.717, 1.165) is 10.7 Å². The molecule has 0 aliphatic carbocycles. The van der Waals surface area contributed by atoms with E-state index in [1.54, 1.807) is 54.6 Å². The fourth-order valence-electron chi connectivity index (χ4n) is 3.31. The summed E-state index contributed by atoms with van der Waals surface area (Å²) in [5.74, 6) is -1.51. The van der Waals surface area contributed by atoms with Gasteiger partial charge in [-0.15, -0.1) is 10.2 Å². The number of nitrogens with one attached hydrogen (secondary N) is 3. The van der Waals surface area contributed by atoms with Gasteiger partial charge in [-0.2, -0.15) is 5.10 Å². The van der Waals surface area contributed by atoms with Gasteiger partial charge in [0.2, 0.25) is 5.13 Å². The Kier molecular flexibility index (Phi) is 8.45. The summed E-state index contributed by atoms with van der Waals surface area (Å²) in [4.78, 5) is 38.9. The van der Waals surface area contributed by atoms with Gasteiger partial charge in [-0.1, -0.05) is 78.9 Å². The maximum Gasteiger partial charge on any atom is 0.274 e. The quantitative estimate of drug-likeness (QED) is 0.159. The lowest BCUT2D eigenvalue weighted by atomic mass is 10.1. The van der Waals surface area contributed by atoms with Gasteiger partial charge >= 0.3 is 0 Å². The first-order chi connectivity index (χ1) is 18.0. The molecule has 0 aliphatic heterocycles. The highest BCUT2D eigenvalue weighted by Gasteiger charge is 2.20. The van der Waals surface area contributed by atoms with E-state index in [0.29, 0.717) is 23.2 Å². The predicted octanol–water partition coefficient (Wildman–Crippen LogP) is 4.84. The van der Waals surface area contributed by atoms with E-state index in [-0.39, 0.29) is 23.0 Å². The van der Waals surface area contributed by atoms with Crippen molar-refractivity contribution >= 4 is 51.2 Å². The smallest absolute Gasteiger partial charge is 0.274 e. The molecular weight excluding hydrogens is 488 g/mol. The standard InChI is InChI=1S/C27H24N6O3S/c1-2-24-31-33-27(37-24)29-26(36)22(17-23(34)18-11-5-3-6-12-18)30-32-25(35)20-15-9-10-16-21(20)28-19-13-7-4-8-14-19/h3-16,28H,2,17H2,1H3,(H,32,35)(H,29,33,36). The highest BCUT2D eigenvalue weighted by Crippen LogP contribution is 2.21. The Morgan fingerprint density at radius 3 is 2.24 bits per heavy atom. The van der Waals surface area contributed by atoms with Crippen molar-refractivity contribution in [3.63, 3.8) is 0 Å². The zero-order chi connectivity index (χ0) is 26.0. The summed E-state index contributed by atoms with van der Waals surface area (Å²) in [6, 6.07) is 24.9. The molecule has 0 bridgehead atoms. The van der Waals surface area contributed by atoms with Crippen LogP contribution in [0.5, 0.6) is 0 Å². The first-order valence-electron chi connectivity index (χ1n) is 11.5. The molecule has 0 aliphatic rings. The van der Waals surface area contributed by atoms with E-state index in [1.807, 2.05) is 37.3 Å². The number of aromatic nitrogens is 2. The Morgan fingerprint density at radius 2 is 1.54 bits per heavy atom. The SMILES string of the molecule is CCc1nnc(NC(=O)C(CC(=O)c2ccccc2)=NNC(=O)c2ccccc2Nc2ccccc2)s1. The van der Waals surface area contributed by atoms with Crippen LogP contribution in [0.3, 0.4) is 0 Å². The number of nitrogens with zero attached hydrogens (tertiary/aromatic N) is 3. The third kappa shape index (κ3) is 6.92. The van der Waals surface area contributed by atoms with E-state index in [9.17, 15) is 14.4 Å². The van der Waals surface area contributed by atoms with E-state index in [2.05, 4.69) is 31.4 Å². The third-order valence-electron chi connectivity index (χ3n) is 5.19. The van der Waals surface area contributed by atoms with E-state index >= 15 is 0 Å². The van der Waals surface area contributed by atoms with Crippen LogP contribution < -0.4 is 16.1 Å². The highest BCUT2D eigenvalue weighted by molar-refractivity contribution is 7.15. The first kappa shape index (κ1) is 25.4. The van der Waals surface area contributed by atoms with Crippen molar-refractivity contribution in [1.82, 2.24) is 15.6 Å². The van der Waals surface area contributed by atoms with Gasteiger partial charge in [0, 0.05) is 11.3 Å². The Labute approximate surface area is 217 Å². The van der Waals surface area contributed by atoms with Gasteiger partial charge in [-0.05, 0) is 30.7 Å². The molecule has 0 saturated heterocycles. The van der Waals surface area contributed by atoms with Crippen LogP contribution in [0, 0.1) is 0 Å². The van der Waals surface area contributed by atoms with Crippen LogP contribution >= 0.6 is 11.3 Å². The van der Waals surface area contributed by atoms with Gasteiger partial charge in [0.05, 0.1) is 17.7 Å². The van der Waals surface area contributed by atoms with E-state index < -0.39 is 11.8 Å². The molecule has 0 unspecified atom stereocenters. The highest BCUT2D eigenvalue weighted by atomic mass is 32.1. The molecule has 3 aromatic carbocycles. The van der Waals surface area contributed by atoms with Crippen LogP contribution in [0.4, 0.5) is 16.5 Å². The monoisotopic (exact) mass is 512 g/mol. The predicted molar refractivity (Wildman–Crippen MR) is 144 cm³/mol. The number of ketones is 1. The number of Topliss-reactive ketones (excluding diaryl/α,β-unsaturated/α-hetero) is 1. The third-order valence-corrected chi connectivity index (χ3v) is 6.18. The molecule has 10 heteroatoms. The lowest BCUT2D eigenvalue weighted by Crippen LogP contribution is -2.29. The van der Waals surface area contributed by atoms with Crippen molar-refractivity contribution in [2.24, 2.45) is 5.10 Å². The lowest BCUT2D eigenvalue weighted by Gasteiger charge is -2.11. The number of benzene rings is 3. The minimum Gasteiger partial charge on any atom is -0.355 e. The van der Waals surface area contributed by atoms with E-state index in [1.165, 1.54) is 11.3 Å². The van der Waals surface area contributed by atoms with Crippen LogP contribution in [0.25, 0.3) is 0 Å². The summed E-state index contributed by atoms with van der Waals surface area (Å²) >= 11 is 1.23. The summed E-state index contributed by atoms with van der Waals surface area (Å²) in [5, 5.41) is 18.8. The molecule has 0 spiro atoms. The number of carbonyl (C=O) groups is 3. The minimum atomic E-state index is -0.654. The number of aryl methyl sites for hydroxylation is 1. The maximum absolute atomic E-state index is 13.0. The van der Waals surface area contributed by atoms with Crippen LogP contribution in [0.2, 0.25) is 0 Å². The van der Waals surface area contributed by atoms with Crippen molar-refractivity contribution in [2.45, 2.75) is 19.8 Å². The minimum absolute atomic E-state index is 0.163. The molecular formula is C27H24N6O3S. The summed E-state index contributed by atoms with van der Waals surface area (Å²) in [5.41, 5.74) is 4.38. The molecule has 3 N–H and O–H groups in total. The Morgan fingerprint density at radius 1 is 0.865 bits per heavy atom. The molecule has 0 saturated carbocycles. The zero-order valence-electron chi connectivity index (χ0n) is 20.0. The molecule has 0 fully saturated rings. The van der Waals surface area contributed by atoms with Gasteiger partial charge in [-0.25, -0.2) is 5.43 Å². The largest absolute Gasteiger partial charge is 0.355 e. The Balaban J connectivity index is 1.55. The summed E-state index contributed by atoms with van der Waals surface area (Å²) in [7, 11) is 0. The van der Waals surface area contributed by atoms with Crippen LogP contribution in [0.1, 0.15) is 39.1 Å². The van der Waals surface area contributed by atoms with Gasteiger partial charge in [0.1, 0.15) is 10.7 Å². The Hall–Kier alpha value is -4.70. The molecule has 4 aromatic rings. The summed E-state index contributed by atoms with van der Waals surface area (Å²) in [6.45, 7) is 1.93. The number of rotatable bonds is 10.